The lowest BCUT2D eigenvalue weighted by molar-refractivity contribution is 0.679. The van der Waals surface area contributed by atoms with Crippen molar-refractivity contribution in [3.8, 4) is 6.07 Å². The van der Waals surface area contributed by atoms with Gasteiger partial charge in [-0.3, -0.25) is 0 Å². The van der Waals surface area contributed by atoms with Gasteiger partial charge in [0.25, 0.3) is 0 Å². The van der Waals surface area contributed by atoms with Crippen LogP contribution in [0.25, 0.3) is 0 Å². The molecule has 0 saturated carbocycles. The number of rotatable bonds is 5. The summed E-state index contributed by atoms with van der Waals surface area (Å²) in [5, 5.41) is 13.0. The van der Waals surface area contributed by atoms with Gasteiger partial charge in [0.05, 0.1) is 0 Å². The average molecular weight is 237 g/mol. The highest BCUT2D eigenvalue weighted by Crippen LogP contribution is 2.13. The van der Waals surface area contributed by atoms with E-state index in [-0.39, 0.29) is 0 Å². The highest BCUT2D eigenvalue weighted by molar-refractivity contribution is 7.99. The Hall–Kier alpha value is -0.920. The van der Waals surface area contributed by atoms with Gasteiger partial charge in [0, 0.05) is 31.1 Å². The van der Waals surface area contributed by atoms with E-state index >= 15 is 0 Å². The van der Waals surface area contributed by atoms with Gasteiger partial charge < -0.3 is 9.88 Å². The van der Waals surface area contributed by atoms with Crippen LogP contribution in [0.3, 0.4) is 0 Å². The maximum atomic E-state index is 8.91. The molecule has 88 valence electrons. The summed E-state index contributed by atoms with van der Waals surface area (Å²) in [7, 11) is 1.93. The van der Waals surface area contributed by atoms with Crippen molar-refractivity contribution in [1.29, 1.82) is 5.26 Å². The van der Waals surface area contributed by atoms with Crippen LogP contribution < -0.4 is 5.32 Å². The second-order valence-corrected chi connectivity index (χ2v) is 5.26. The van der Waals surface area contributed by atoms with E-state index in [9.17, 15) is 0 Å². The zero-order chi connectivity index (χ0) is 12.1. The van der Waals surface area contributed by atoms with Crippen LogP contribution in [0.15, 0.2) is 6.07 Å². The van der Waals surface area contributed by atoms with Crippen molar-refractivity contribution >= 4 is 11.8 Å². The molecule has 4 heteroatoms. The molecule has 1 rings (SSSR count). The first kappa shape index (κ1) is 13.1. The van der Waals surface area contributed by atoms with E-state index in [1.807, 2.05) is 29.4 Å². The Kier molecular flexibility index (Phi) is 4.91. The topological polar surface area (TPSA) is 40.8 Å². The largest absolute Gasteiger partial charge is 0.340 e. The van der Waals surface area contributed by atoms with E-state index in [1.165, 1.54) is 11.3 Å². The predicted molar refractivity (Wildman–Crippen MR) is 69.5 cm³/mol. The number of thioether (sulfide) groups is 1. The number of hydrogen-bond acceptors (Lipinski definition) is 3. The minimum Gasteiger partial charge on any atom is -0.340 e. The summed E-state index contributed by atoms with van der Waals surface area (Å²) in [6.45, 7) is 6.09. The summed E-state index contributed by atoms with van der Waals surface area (Å²) in [5.41, 5.74) is 3.11. The van der Waals surface area contributed by atoms with Gasteiger partial charge in [0.15, 0.2) is 0 Å². The Morgan fingerprint density at radius 2 is 2.31 bits per heavy atom. The van der Waals surface area contributed by atoms with E-state index in [1.54, 1.807) is 0 Å². The van der Waals surface area contributed by atoms with Crippen molar-refractivity contribution < 1.29 is 0 Å². The molecular weight excluding hydrogens is 218 g/mol. The summed E-state index contributed by atoms with van der Waals surface area (Å²) in [4.78, 5) is 0. The average Bonchev–Trinajstić information content (AvgIpc) is 2.56. The van der Waals surface area contributed by atoms with Gasteiger partial charge in [-0.2, -0.15) is 17.0 Å². The standard InChI is InChI=1S/C12H19N3S/c1-9(16-4)7-14-8-11-5-12(6-13)15(3)10(11)2/h5,9,14H,7-8H2,1-4H3. The second-order valence-electron chi connectivity index (χ2n) is 3.99. The fraction of sp³-hybridized carbons (Fsp3) is 0.583. The van der Waals surface area contributed by atoms with Gasteiger partial charge in [-0.1, -0.05) is 6.92 Å². The minimum atomic E-state index is 0.624. The number of nitrogens with one attached hydrogen (secondary N) is 1. The molecule has 0 aromatic carbocycles. The Balaban J connectivity index is 2.58. The van der Waals surface area contributed by atoms with Gasteiger partial charge in [-0.25, -0.2) is 0 Å². The molecule has 1 unspecified atom stereocenters. The molecule has 1 aromatic heterocycles. The van der Waals surface area contributed by atoms with E-state index in [4.69, 9.17) is 5.26 Å². The van der Waals surface area contributed by atoms with Crippen molar-refractivity contribution in [2.45, 2.75) is 25.6 Å². The Labute approximate surface area is 102 Å². The van der Waals surface area contributed by atoms with Crippen LogP contribution in [0.1, 0.15) is 23.9 Å². The summed E-state index contributed by atoms with van der Waals surface area (Å²) in [5.74, 6) is 0. The SMILES string of the molecule is CSC(C)CNCc1cc(C#N)n(C)c1C. The molecule has 0 aliphatic carbocycles. The van der Waals surface area contributed by atoms with Gasteiger partial charge in [0.1, 0.15) is 11.8 Å². The van der Waals surface area contributed by atoms with E-state index < -0.39 is 0 Å². The Bertz CT molecular complexity index is 390. The monoisotopic (exact) mass is 237 g/mol. The summed E-state index contributed by atoms with van der Waals surface area (Å²) in [6, 6.07) is 4.16. The molecular formula is C12H19N3S. The van der Waals surface area contributed by atoms with Gasteiger partial charge in [-0.15, -0.1) is 0 Å². The van der Waals surface area contributed by atoms with Gasteiger partial charge in [-0.05, 0) is 24.8 Å². The van der Waals surface area contributed by atoms with Crippen LogP contribution in [0.4, 0.5) is 0 Å². The molecule has 1 atom stereocenters. The second kappa shape index (κ2) is 5.97. The summed E-state index contributed by atoms with van der Waals surface area (Å²) < 4.78 is 1.94. The Morgan fingerprint density at radius 1 is 1.62 bits per heavy atom. The lowest BCUT2D eigenvalue weighted by Gasteiger charge is -2.09. The zero-order valence-electron chi connectivity index (χ0n) is 10.4. The van der Waals surface area contributed by atoms with Crippen molar-refractivity contribution in [2.24, 2.45) is 7.05 Å². The molecule has 1 aromatic rings. The van der Waals surface area contributed by atoms with Crippen molar-refractivity contribution in [2.75, 3.05) is 12.8 Å². The van der Waals surface area contributed by atoms with E-state index in [0.29, 0.717) is 5.25 Å². The van der Waals surface area contributed by atoms with Gasteiger partial charge >= 0.3 is 0 Å². The molecule has 1 N–H and O–H groups in total. The third-order valence-corrected chi connectivity index (χ3v) is 3.88. The first-order valence-corrected chi connectivity index (χ1v) is 6.67. The number of hydrogen-bond donors (Lipinski definition) is 1. The van der Waals surface area contributed by atoms with Crippen LogP contribution in [-0.2, 0) is 13.6 Å². The molecule has 3 nitrogen and oxygen atoms in total. The molecule has 0 fully saturated rings. The molecule has 0 saturated heterocycles. The van der Waals surface area contributed by atoms with Crippen LogP contribution in [0.2, 0.25) is 0 Å². The highest BCUT2D eigenvalue weighted by Gasteiger charge is 2.08. The minimum absolute atomic E-state index is 0.624. The Morgan fingerprint density at radius 3 is 2.81 bits per heavy atom. The molecule has 0 amide bonds. The molecule has 0 aliphatic rings. The third kappa shape index (κ3) is 3.03. The first-order chi connectivity index (χ1) is 7.60. The van der Waals surface area contributed by atoms with Gasteiger partial charge in [0.2, 0.25) is 0 Å². The first-order valence-electron chi connectivity index (χ1n) is 5.39. The van der Waals surface area contributed by atoms with Crippen molar-refractivity contribution in [1.82, 2.24) is 9.88 Å². The quantitative estimate of drug-likeness (QED) is 0.852. The molecule has 0 spiro atoms. The lowest BCUT2D eigenvalue weighted by atomic mass is 10.2. The molecule has 0 radical (unpaired) electrons. The third-order valence-electron chi connectivity index (χ3n) is 2.90. The molecule has 1 heterocycles. The normalized spacial score (nSPS) is 12.4. The van der Waals surface area contributed by atoms with Crippen molar-refractivity contribution in [3.05, 3.63) is 23.0 Å². The van der Waals surface area contributed by atoms with Crippen LogP contribution >= 0.6 is 11.8 Å². The highest BCUT2D eigenvalue weighted by atomic mass is 32.2. The van der Waals surface area contributed by atoms with Crippen LogP contribution in [0.5, 0.6) is 0 Å². The fourth-order valence-electron chi connectivity index (χ4n) is 1.54. The maximum Gasteiger partial charge on any atom is 0.120 e. The predicted octanol–water partition coefficient (Wildman–Crippen LogP) is 2.05. The number of nitrogens with zero attached hydrogens (tertiary/aromatic N) is 2. The fourth-order valence-corrected chi connectivity index (χ4v) is 1.83. The van der Waals surface area contributed by atoms with E-state index in [0.717, 1.165) is 18.8 Å². The zero-order valence-corrected chi connectivity index (χ0v) is 11.2. The molecule has 0 aliphatic heterocycles. The maximum absolute atomic E-state index is 8.91. The number of nitriles is 1. The van der Waals surface area contributed by atoms with Crippen LogP contribution in [-0.4, -0.2) is 22.6 Å². The molecule has 0 bridgehead atoms. The lowest BCUT2D eigenvalue weighted by Crippen LogP contribution is -2.22. The van der Waals surface area contributed by atoms with Crippen molar-refractivity contribution in [3.63, 3.8) is 0 Å². The van der Waals surface area contributed by atoms with Crippen LogP contribution in [0, 0.1) is 18.3 Å². The number of aromatic nitrogens is 1. The molecule has 16 heavy (non-hydrogen) atoms. The summed E-state index contributed by atoms with van der Waals surface area (Å²) in [6.07, 6.45) is 2.12. The van der Waals surface area contributed by atoms with E-state index in [2.05, 4.69) is 31.5 Å². The smallest absolute Gasteiger partial charge is 0.120 e. The summed E-state index contributed by atoms with van der Waals surface area (Å²) >= 11 is 1.86.